The van der Waals surface area contributed by atoms with Gasteiger partial charge in [-0.05, 0) is 31.1 Å². The first kappa shape index (κ1) is 20.3. The highest BCUT2D eigenvalue weighted by molar-refractivity contribution is 6.08. The second-order valence-electron chi connectivity index (χ2n) is 8.14. The SMILES string of the molecule is NN(C(=O)C1(F)CC1)C1=CC(c2c(Nc3ccccc3)c3c(n2N)CNCC3=O)=CCN1. The van der Waals surface area contributed by atoms with Crippen LogP contribution >= 0.6 is 0 Å². The largest absolute Gasteiger partial charge is 0.367 e. The van der Waals surface area contributed by atoms with E-state index in [1.165, 1.54) is 4.68 Å². The van der Waals surface area contributed by atoms with Crippen LogP contribution in [0.2, 0.25) is 0 Å². The fraction of sp³-hybridized carbons (Fsp3) is 0.273. The molecule has 1 amide bonds. The number of aromatic nitrogens is 1. The topological polar surface area (TPSA) is 130 Å². The van der Waals surface area contributed by atoms with Crippen LogP contribution in [0.3, 0.4) is 0 Å². The van der Waals surface area contributed by atoms with E-state index in [4.69, 9.17) is 11.7 Å². The number of nitrogens with one attached hydrogen (secondary N) is 3. The number of anilines is 2. The molecular weight excluding hydrogens is 413 g/mol. The Morgan fingerprint density at radius 2 is 1.97 bits per heavy atom. The van der Waals surface area contributed by atoms with Gasteiger partial charge >= 0.3 is 0 Å². The second-order valence-corrected chi connectivity index (χ2v) is 8.14. The molecule has 0 radical (unpaired) electrons. The number of nitrogens with zero attached hydrogens (tertiary/aromatic N) is 2. The predicted molar refractivity (Wildman–Crippen MR) is 119 cm³/mol. The molecule has 9 nitrogen and oxygen atoms in total. The van der Waals surface area contributed by atoms with Crippen molar-refractivity contribution in [3.8, 4) is 0 Å². The van der Waals surface area contributed by atoms with Crippen LogP contribution in [0.1, 0.15) is 34.6 Å². The van der Waals surface area contributed by atoms with Gasteiger partial charge in [-0.15, -0.1) is 0 Å². The summed E-state index contributed by atoms with van der Waals surface area (Å²) >= 11 is 0. The summed E-state index contributed by atoms with van der Waals surface area (Å²) in [5, 5.41) is 10.2. The van der Waals surface area contributed by atoms with Gasteiger partial charge in [-0.1, -0.05) is 24.3 Å². The number of carbonyl (C=O) groups is 2. The number of rotatable bonds is 5. The molecule has 1 fully saturated rings. The number of nitrogens with two attached hydrogens (primary N) is 2. The molecule has 0 saturated heterocycles. The number of ketones is 1. The van der Waals surface area contributed by atoms with Crippen molar-refractivity contribution in [2.75, 3.05) is 24.2 Å². The maximum atomic E-state index is 14.3. The molecule has 5 rings (SSSR count). The van der Waals surface area contributed by atoms with E-state index in [-0.39, 0.29) is 31.0 Å². The van der Waals surface area contributed by atoms with Crippen LogP contribution in [0.4, 0.5) is 15.8 Å². The molecule has 1 aliphatic carbocycles. The molecule has 2 aromatic rings. The molecule has 3 heterocycles. The third-order valence-corrected chi connectivity index (χ3v) is 5.93. The number of halogens is 1. The van der Waals surface area contributed by atoms with E-state index >= 15 is 0 Å². The van der Waals surface area contributed by atoms with E-state index in [1.807, 2.05) is 36.4 Å². The Morgan fingerprint density at radius 3 is 2.69 bits per heavy atom. The quantitative estimate of drug-likeness (QED) is 0.270. The normalized spacial score (nSPS) is 18.8. The van der Waals surface area contributed by atoms with Gasteiger partial charge in [-0.2, -0.15) is 0 Å². The minimum Gasteiger partial charge on any atom is -0.367 e. The van der Waals surface area contributed by atoms with Gasteiger partial charge in [0, 0.05) is 24.4 Å². The van der Waals surface area contributed by atoms with Crippen LogP contribution in [-0.4, -0.2) is 40.1 Å². The molecule has 10 heteroatoms. The maximum Gasteiger partial charge on any atom is 0.280 e. The molecule has 0 atom stereocenters. The van der Waals surface area contributed by atoms with Crippen LogP contribution in [0, 0.1) is 0 Å². The first-order chi connectivity index (χ1) is 15.4. The number of Topliss-reactive ketones (excluding diaryl/α,β-unsaturated/α-hetero) is 1. The Balaban J connectivity index is 1.58. The van der Waals surface area contributed by atoms with Crippen LogP contribution in [0.25, 0.3) is 5.57 Å². The number of alkyl halides is 1. The summed E-state index contributed by atoms with van der Waals surface area (Å²) in [4.78, 5) is 25.2. The molecule has 2 aliphatic heterocycles. The molecule has 1 saturated carbocycles. The molecular formula is C22H24FN7O2. The second kappa shape index (κ2) is 7.50. The summed E-state index contributed by atoms with van der Waals surface area (Å²) in [6.45, 7) is 1.01. The number of amides is 1. The first-order valence-electron chi connectivity index (χ1n) is 10.4. The third kappa shape index (κ3) is 3.33. The lowest BCUT2D eigenvalue weighted by Crippen LogP contribution is -2.47. The summed E-state index contributed by atoms with van der Waals surface area (Å²) < 4.78 is 15.8. The van der Waals surface area contributed by atoms with Crippen LogP contribution in [0.15, 0.2) is 48.3 Å². The van der Waals surface area contributed by atoms with E-state index in [0.717, 1.165) is 10.7 Å². The van der Waals surface area contributed by atoms with Gasteiger partial charge in [0.15, 0.2) is 11.5 Å². The summed E-state index contributed by atoms with van der Waals surface area (Å²) in [6.07, 6.45) is 3.87. The van der Waals surface area contributed by atoms with Gasteiger partial charge in [-0.3, -0.25) is 14.3 Å². The lowest BCUT2D eigenvalue weighted by atomic mass is 10.0. The Hall–Kier alpha value is -3.63. The molecule has 1 aromatic carbocycles. The number of hydrogen-bond acceptors (Lipinski definition) is 7. The van der Waals surface area contributed by atoms with Gasteiger partial charge in [0.25, 0.3) is 5.91 Å². The number of carbonyl (C=O) groups excluding carboxylic acids is 2. The van der Waals surface area contributed by atoms with Crippen molar-refractivity contribution in [3.05, 3.63) is 65.3 Å². The summed E-state index contributed by atoms with van der Waals surface area (Å²) in [5.41, 5.74) is 1.93. The van der Waals surface area contributed by atoms with E-state index in [0.29, 0.717) is 41.3 Å². The number of para-hydroxylation sites is 1. The zero-order chi connectivity index (χ0) is 22.5. The molecule has 0 unspecified atom stereocenters. The van der Waals surface area contributed by atoms with E-state index in [1.54, 1.807) is 6.08 Å². The summed E-state index contributed by atoms with van der Waals surface area (Å²) in [6, 6.07) is 9.47. The maximum absolute atomic E-state index is 14.3. The molecule has 166 valence electrons. The minimum atomic E-state index is -1.89. The molecule has 3 aliphatic rings. The smallest absolute Gasteiger partial charge is 0.280 e. The average Bonchev–Trinajstić information content (AvgIpc) is 3.50. The van der Waals surface area contributed by atoms with E-state index in [9.17, 15) is 14.0 Å². The van der Waals surface area contributed by atoms with Crippen molar-refractivity contribution in [2.24, 2.45) is 5.84 Å². The van der Waals surface area contributed by atoms with Gasteiger partial charge in [0.1, 0.15) is 5.82 Å². The number of hydrogen-bond donors (Lipinski definition) is 5. The summed E-state index contributed by atoms with van der Waals surface area (Å²) in [7, 11) is 0. The molecule has 0 bridgehead atoms. The lowest BCUT2D eigenvalue weighted by molar-refractivity contribution is -0.136. The molecule has 1 aromatic heterocycles. The monoisotopic (exact) mass is 437 g/mol. The third-order valence-electron chi connectivity index (χ3n) is 5.93. The van der Waals surface area contributed by atoms with Gasteiger partial charge in [0.05, 0.1) is 29.2 Å². The molecule has 7 N–H and O–H groups in total. The summed E-state index contributed by atoms with van der Waals surface area (Å²) in [5.74, 6) is 11.8. The highest BCUT2D eigenvalue weighted by atomic mass is 19.1. The zero-order valence-corrected chi connectivity index (χ0v) is 17.3. The number of hydrazine groups is 1. The Bertz CT molecular complexity index is 1160. The Morgan fingerprint density at radius 1 is 1.22 bits per heavy atom. The number of fused-ring (bicyclic) bond motifs is 1. The average molecular weight is 437 g/mol. The van der Waals surface area contributed by atoms with Gasteiger partial charge < -0.3 is 21.8 Å². The highest BCUT2D eigenvalue weighted by Crippen LogP contribution is 2.42. The van der Waals surface area contributed by atoms with Gasteiger partial charge in [-0.25, -0.2) is 15.2 Å². The van der Waals surface area contributed by atoms with E-state index in [2.05, 4.69) is 16.0 Å². The Labute approximate surface area is 183 Å². The van der Waals surface area contributed by atoms with E-state index < -0.39 is 11.6 Å². The van der Waals surface area contributed by atoms with Crippen LogP contribution in [0.5, 0.6) is 0 Å². The van der Waals surface area contributed by atoms with Crippen molar-refractivity contribution < 1.29 is 14.0 Å². The number of allylic oxidation sites excluding steroid dienone is 2. The standard InChI is InChI=1S/C22H24FN7O2/c23-22(7-8-22)21(32)30(25)17-10-13(6-9-27-17)20-19(28-14-4-2-1-3-5-14)18-15(29(20)24)11-26-12-16(18)31/h1-6,10,26-28H,7-9,11-12,24-25H2. The Kier molecular flexibility index (Phi) is 4.75. The number of benzene rings is 1. The number of dihydropyridines is 1. The number of nitrogen functional groups attached to an aromatic ring is 1. The fourth-order valence-electron chi connectivity index (χ4n) is 4.06. The van der Waals surface area contributed by atoms with Crippen molar-refractivity contribution in [2.45, 2.75) is 25.1 Å². The molecule has 32 heavy (non-hydrogen) atoms. The van der Waals surface area contributed by atoms with Crippen molar-refractivity contribution in [1.82, 2.24) is 20.3 Å². The minimum absolute atomic E-state index is 0.0717. The lowest BCUT2D eigenvalue weighted by Gasteiger charge is -2.25. The predicted octanol–water partition coefficient (Wildman–Crippen LogP) is 1.26. The van der Waals surface area contributed by atoms with Gasteiger partial charge in [0.2, 0.25) is 0 Å². The van der Waals surface area contributed by atoms with Crippen molar-refractivity contribution in [1.29, 1.82) is 0 Å². The van der Waals surface area contributed by atoms with Crippen LogP contribution in [-0.2, 0) is 11.3 Å². The van der Waals surface area contributed by atoms with Crippen molar-refractivity contribution in [3.63, 3.8) is 0 Å². The molecule has 0 spiro atoms. The highest BCUT2D eigenvalue weighted by Gasteiger charge is 2.53. The fourth-order valence-corrected chi connectivity index (χ4v) is 4.06. The van der Waals surface area contributed by atoms with Crippen LogP contribution < -0.4 is 27.6 Å². The first-order valence-corrected chi connectivity index (χ1v) is 10.4. The van der Waals surface area contributed by atoms with Crippen molar-refractivity contribution >= 4 is 28.6 Å². The zero-order valence-electron chi connectivity index (χ0n) is 17.3.